The van der Waals surface area contributed by atoms with Gasteiger partial charge in [0.1, 0.15) is 6.26 Å². The number of hydrogen-bond acceptors (Lipinski definition) is 9. The molecule has 1 N–H and O–H groups in total. The lowest BCUT2D eigenvalue weighted by molar-refractivity contribution is -0.385. The van der Waals surface area contributed by atoms with Crippen LogP contribution in [0.4, 0.5) is 11.5 Å². The van der Waals surface area contributed by atoms with E-state index in [0.717, 1.165) is 0 Å². The SMILES string of the molecule is COC(=O)c1coc(-c2ccnc(NOc3ccccc3[N+](=O)[O-])c2)n1. The van der Waals surface area contributed by atoms with Gasteiger partial charge in [-0.15, -0.1) is 0 Å². The molecule has 0 aliphatic rings. The number of aromatic nitrogens is 2. The molecule has 10 heteroatoms. The van der Waals surface area contributed by atoms with Crippen LogP contribution in [-0.2, 0) is 4.74 Å². The van der Waals surface area contributed by atoms with Gasteiger partial charge in [0.25, 0.3) is 0 Å². The van der Waals surface area contributed by atoms with Gasteiger partial charge in [0.05, 0.1) is 12.0 Å². The summed E-state index contributed by atoms with van der Waals surface area (Å²) < 4.78 is 9.81. The fourth-order valence-electron chi connectivity index (χ4n) is 2.03. The molecule has 0 spiro atoms. The van der Waals surface area contributed by atoms with Gasteiger partial charge in [0, 0.05) is 17.8 Å². The standard InChI is InChI=1S/C16H12N4O6/c1-24-16(21)11-9-25-15(18-11)10-6-7-17-14(8-10)19-26-13-5-3-2-4-12(13)20(22)23/h2-9H,1H3,(H,17,19). The lowest BCUT2D eigenvalue weighted by Crippen LogP contribution is -2.07. The van der Waals surface area contributed by atoms with Crippen LogP contribution in [0.1, 0.15) is 10.5 Å². The van der Waals surface area contributed by atoms with Crippen LogP contribution in [0.5, 0.6) is 5.75 Å². The molecule has 0 saturated heterocycles. The number of hydrogen-bond donors (Lipinski definition) is 1. The topological polar surface area (TPSA) is 130 Å². The molecule has 0 aliphatic heterocycles. The summed E-state index contributed by atoms with van der Waals surface area (Å²) in [5.41, 5.74) is 2.89. The number of ether oxygens (including phenoxy) is 1. The molecule has 10 nitrogen and oxygen atoms in total. The number of nitrogens with one attached hydrogen (secondary N) is 1. The second-order valence-electron chi connectivity index (χ2n) is 4.89. The molecule has 1 aromatic carbocycles. The largest absolute Gasteiger partial charge is 0.464 e. The van der Waals surface area contributed by atoms with E-state index in [1.807, 2.05) is 0 Å². The second kappa shape index (κ2) is 7.30. The van der Waals surface area contributed by atoms with Crippen LogP contribution < -0.4 is 10.3 Å². The second-order valence-corrected chi connectivity index (χ2v) is 4.89. The highest BCUT2D eigenvalue weighted by Gasteiger charge is 2.16. The zero-order valence-corrected chi connectivity index (χ0v) is 13.4. The van der Waals surface area contributed by atoms with Crippen LogP contribution in [0.2, 0.25) is 0 Å². The molecule has 2 heterocycles. The molecule has 0 saturated carbocycles. The predicted octanol–water partition coefficient (Wildman–Crippen LogP) is 2.84. The van der Waals surface area contributed by atoms with Gasteiger partial charge in [0.15, 0.2) is 11.5 Å². The number of pyridine rings is 1. The number of oxazole rings is 1. The van der Waals surface area contributed by atoms with Crippen LogP contribution in [0, 0.1) is 10.1 Å². The van der Waals surface area contributed by atoms with E-state index in [2.05, 4.69) is 20.2 Å². The van der Waals surface area contributed by atoms with Crippen molar-refractivity contribution in [3.63, 3.8) is 0 Å². The van der Waals surface area contributed by atoms with Crippen LogP contribution in [0.3, 0.4) is 0 Å². The lowest BCUT2D eigenvalue weighted by atomic mass is 10.2. The Bertz CT molecular complexity index is 955. The maximum atomic E-state index is 11.4. The smallest absolute Gasteiger partial charge is 0.360 e. The van der Waals surface area contributed by atoms with Crippen molar-refractivity contribution >= 4 is 17.5 Å². The third-order valence-corrected chi connectivity index (χ3v) is 3.23. The van der Waals surface area contributed by atoms with Crippen molar-refractivity contribution in [1.82, 2.24) is 9.97 Å². The number of esters is 1. The minimum atomic E-state index is -0.618. The van der Waals surface area contributed by atoms with Crippen molar-refractivity contribution < 1.29 is 23.7 Å². The average Bonchev–Trinajstić information content (AvgIpc) is 3.16. The van der Waals surface area contributed by atoms with Gasteiger partial charge in [-0.1, -0.05) is 12.1 Å². The first kappa shape index (κ1) is 16.9. The highest BCUT2D eigenvalue weighted by Crippen LogP contribution is 2.26. The van der Waals surface area contributed by atoms with E-state index in [9.17, 15) is 14.9 Å². The van der Waals surface area contributed by atoms with Crippen molar-refractivity contribution in [1.29, 1.82) is 0 Å². The zero-order valence-electron chi connectivity index (χ0n) is 13.4. The van der Waals surface area contributed by atoms with Crippen molar-refractivity contribution in [2.24, 2.45) is 0 Å². The molecular weight excluding hydrogens is 344 g/mol. The Hall–Kier alpha value is -3.95. The first-order chi connectivity index (χ1) is 12.6. The van der Waals surface area contributed by atoms with Gasteiger partial charge in [0.2, 0.25) is 11.6 Å². The average molecular weight is 356 g/mol. The molecule has 2 aromatic heterocycles. The van der Waals surface area contributed by atoms with Gasteiger partial charge in [-0.25, -0.2) is 20.2 Å². The fraction of sp³-hybridized carbons (Fsp3) is 0.0625. The summed E-state index contributed by atoms with van der Waals surface area (Å²) in [6, 6.07) is 9.07. The van der Waals surface area contributed by atoms with E-state index in [0.29, 0.717) is 5.56 Å². The summed E-state index contributed by atoms with van der Waals surface area (Å²) in [5.74, 6) is -0.138. The quantitative estimate of drug-likeness (QED) is 0.402. The zero-order chi connectivity index (χ0) is 18.5. The first-order valence-corrected chi connectivity index (χ1v) is 7.25. The molecule has 0 radical (unpaired) electrons. The number of nitro groups is 1. The molecule has 3 rings (SSSR count). The minimum Gasteiger partial charge on any atom is -0.464 e. The molecule has 0 bridgehead atoms. The third kappa shape index (κ3) is 3.59. The number of carbonyl (C=O) groups excluding carboxylic acids is 1. The number of nitrogens with zero attached hydrogens (tertiary/aromatic N) is 3. The van der Waals surface area contributed by atoms with Crippen molar-refractivity contribution in [3.8, 4) is 17.2 Å². The van der Waals surface area contributed by atoms with E-state index in [1.54, 1.807) is 18.2 Å². The number of rotatable bonds is 6. The summed E-state index contributed by atoms with van der Waals surface area (Å²) in [6.07, 6.45) is 2.64. The molecule has 0 amide bonds. The summed E-state index contributed by atoms with van der Waals surface area (Å²) in [6.45, 7) is 0. The van der Waals surface area contributed by atoms with Crippen LogP contribution in [-0.4, -0.2) is 28.0 Å². The van der Waals surface area contributed by atoms with Gasteiger partial charge in [-0.3, -0.25) is 10.1 Å². The molecule has 0 atom stereocenters. The van der Waals surface area contributed by atoms with E-state index < -0.39 is 10.9 Å². The number of carbonyl (C=O) groups is 1. The monoisotopic (exact) mass is 356 g/mol. The molecule has 26 heavy (non-hydrogen) atoms. The highest BCUT2D eigenvalue weighted by atomic mass is 16.7. The lowest BCUT2D eigenvalue weighted by Gasteiger charge is -2.08. The number of anilines is 1. The van der Waals surface area contributed by atoms with Gasteiger partial charge >= 0.3 is 11.7 Å². The summed E-state index contributed by atoms with van der Waals surface area (Å²) in [4.78, 5) is 35.2. The highest BCUT2D eigenvalue weighted by molar-refractivity contribution is 5.87. The molecular formula is C16H12N4O6. The number of nitro benzene ring substituents is 1. The third-order valence-electron chi connectivity index (χ3n) is 3.23. The Kier molecular flexibility index (Phi) is 4.74. The summed E-state index contributed by atoms with van der Waals surface area (Å²) >= 11 is 0. The van der Waals surface area contributed by atoms with Gasteiger partial charge in [-0.05, 0) is 18.2 Å². The molecule has 132 valence electrons. The molecule has 0 unspecified atom stereocenters. The Morgan fingerprint density at radius 3 is 2.88 bits per heavy atom. The van der Waals surface area contributed by atoms with Gasteiger partial charge in [-0.2, -0.15) is 0 Å². The van der Waals surface area contributed by atoms with Crippen molar-refractivity contribution in [3.05, 3.63) is 64.7 Å². The Morgan fingerprint density at radius 2 is 2.12 bits per heavy atom. The number of para-hydroxylation sites is 2. The normalized spacial score (nSPS) is 10.2. The van der Waals surface area contributed by atoms with E-state index in [1.165, 1.54) is 37.8 Å². The Morgan fingerprint density at radius 1 is 1.31 bits per heavy atom. The molecule has 0 aliphatic carbocycles. The molecule has 3 aromatic rings. The van der Waals surface area contributed by atoms with Crippen molar-refractivity contribution in [2.75, 3.05) is 12.6 Å². The summed E-state index contributed by atoms with van der Waals surface area (Å²) in [7, 11) is 1.24. The van der Waals surface area contributed by atoms with E-state index in [4.69, 9.17) is 9.25 Å². The first-order valence-electron chi connectivity index (χ1n) is 7.25. The predicted molar refractivity (Wildman–Crippen MR) is 88.4 cm³/mol. The minimum absolute atomic E-state index is 0.0324. The number of benzene rings is 1. The van der Waals surface area contributed by atoms with E-state index in [-0.39, 0.29) is 28.8 Å². The van der Waals surface area contributed by atoms with Crippen LogP contribution >= 0.6 is 0 Å². The maximum absolute atomic E-state index is 11.4. The van der Waals surface area contributed by atoms with Crippen LogP contribution in [0.15, 0.2) is 53.3 Å². The Labute approximate surface area is 146 Å². The fourth-order valence-corrected chi connectivity index (χ4v) is 2.03. The van der Waals surface area contributed by atoms with E-state index >= 15 is 0 Å². The molecule has 0 fully saturated rings. The van der Waals surface area contributed by atoms with Crippen molar-refractivity contribution in [2.45, 2.75) is 0 Å². The number of methoxy groups -OCH3 is 1. The maximum Gasteiger partial charge on any atom is 0.360 e. The van der Waals surface area contributed by atoms with Crippen LogP contribution in [0.25, 0.3) is 11.5 Å². The Balaban J connectivity index is 1.77. The van der Waals surface area contributed by atoms with Gasteiger partial charge < -0.3 is 14.0 Å². The summed E-state index contributed by atoms with van der Waals surface area (Å²) in [5, 5.41) is 11.0.